The van der Waals surface area contributed by atoms with Crippen molar-refractivity contribution in [2.75, 3.05) is 18.5 Å². The number of aromatic nitrogens is 3. The van der Waals surface area contributed by atoms with Crippen LogP contribution in [0.1, 0.15) is 22.8 Å². The third-order valence-electron chi connectivity index (χ3n) is 3.96. The fourth-order valence-corrected chi connectivity index (χ4v) is 3.24. The van der Waals surface area contributed by atoms with E-state index in [1.54, 1.807) is 29.9 Å². The van der Waals surface area contributed by atoms with Gasteiger partial charge in [-0.1, -0.05) is 11.3 Å². The third kappa shape index (κ3) is 3.35. The van der Waals surface area contributed by atoms with E-state index in [0.29, 0.717) is 12.1 Å². The minimum atomic E-state index is -0.105. The van der Waals surface area contributed by atoms with Gasteiger partial charge in [0.2, 0.25) is 0 Å². The normalized spacial score (nSPS) is 12.1. The molecule has 0 aliphatic rings. The van der Waals surface area contributed by atoms with Crippen LogP contribution in [0.25, 0.3) is 10.3 Å². The first-order chi connectivity index (χ1) is 11.6. The molecule has 3 heterocycles. The molecule has 0 fully saturated rings. The van der Waals surface area contributed by atoms with Crippen molar-refractivity contribution >= 4 is 32.7 Å². The summed E-state index contributed by atoms with van der Waals surface area (Å²) >= 11 is 1.55. The molecule has 0 saturated heterocycles. The molecule has 1 unspecified atom stereocenters. The summed E-state index contributed by atoms with van der Waals surface area (Å²) in [5, 5.41) is 3.86. The van der Waals surface area contributed by atoms with E-state index in [0.717, 1.165) is 21.0 Å². The second-order valence-electron chi connectivity index (χ2n) is 5.68. The lowest BCUT2D eigenvalue weighted by atomic mass is 10.1. The van der Waals surface area contributed by atoms with Gasteiger partial charge in [0, 0.05) is 38.2 Å². The lowest BCUT2D eigenvalue weighted by Gasteiger charge is -2.24. The Bertz CT molecular complexity index is 830. The maximum Gasteiger partial charge on any atom is 0.253 e. The average Bonchev–Trinajstić information content (AvgIpc) is 3.03. The number of anilines is 1. The number of rotatable bonds is 5. The van der Waals surface area contributed by atoms with Crippen LogP contribution in [0.2, 0.25) is 0 Å². The molecule has 0 spiro atoms. The van der Waals surface area contributed by atoms with E-state index in [-0.39, 0.29) is 11.9 Å². The van der Waals surface area contributed by atoms with Crippen molar-refractivity contribution in [3.8, 4) is 0 Å². The SMILES string of the molecule is Cc1ccncc1C(=O)NCC(C)N(C)c1nc2cccnc2s1. The number of nitrogens with one attached hydrogen (secondary N) is 1. The topological polar surface area (TPSA) is 71.0 Å². The Morgan fingerprint density at radius 3 is 2.96 bits per heavy atom. The van der Waals surface area contributed by atoms with E-state index in [1.807, 2.05) is 32.2 Å². The van der Waals surface area contributed by atoms with Crippen LogP contribution in [0.5, 0.6) is 0 Å². The highest BCUT2D eigenvalue weighted by molar-refractivity contribution is 7.21. The molecule has 0 saturated carbocycles. The maximum absolute atomic E-state index is 12.3. The molecular weight excluding hydrogens is 322 g/mol. The fourth-order valence-electron chi connectivity index (χ4n) is 2.27. The van der Waals surface area contributed by atoms with Crippen LogP contribution in [0, 0.1) is 6.92 Å². The number of fused-ring (bicyclic) bond motifs is 1. The lowest BCUT2D eigenvalue weighted by Crippen LogP contribution is -2.40. The van der Waals surface area contributed by atoms with Gasteiger partial charge in [0.05, 0.1) is 5.56 Å². The van der Waals surface area contributed by atoms with Gasteiger partial charge in [-0.25, -0.2) is 9.97 Å². The number of aryl methyl sites for hydroxylation is 1. The molecule has 3 rings (SSSR count). The molecule has 0 aromatic carbocycles. The molecule has 0 aliphatic heterocycles. The minimum absolute atomic E-state index is 0.103. The van der Waals surface area contributed by atoms with Crippen LogP contribution in [0.15, 0.2) is 36.8 Å². The number of nitrogens with zero attached hydrogens (tertiary/aromatic N) is 4. The van der Waals surface area contributed by atoms with Crippen LogP contribution in [-0.4, -0.2) is 40.5 Å². The van der Waals surface area contributed by atoms with Crippen LogP contribution in [-0.2, 0) is 0 Å². The predicted octanol–water partition coefficient (Wildman–Crippen LogP) is 2.65. The first-order valence-electron chi connectivity index (χ1n) is 7.69. The number of hydrogen-bond donors (Lipinski definition) is 1. The first-order valence-corrected chi connectivity index (χ1v) is 8.51. The maximum atomic E-state index is 12.3. The zero-order valence-corrected chi connectivity index (χ0v) is 14.7. The van der Waals surface area contributed by atoms with Gasteiger partial charge in [-0.05, 0) is 37.6 Å². The van der Waals surface area contributed by atoms with Crippen molar-refractivity contribution in [3.05, 3.63) is 47.9 Å². The van der Waals surface area contributed by atoms with Crippen molar-refractivity contribution < 1.29 is 4.79 Å². The van der Waals surface area contributed by atoms with Gasteiger partial charge in [0.1, 0.15) is 10.3 Å². The third-order valence-corrected chi connectivity index (χ3v) is 5.03. The summed E-state index contributed by atoms with van der Waals surface area (Å²) in [6, 6.07) is 5.77. The second kappa shape index (κ2) is 6.92. The van der Waals surface area contributed by atoms with Crippen LogP contribution >= 0.6 is 11.3 Å². The van der Waals surface area contributed by atoms with E-state index < -0.39 is 0 Å². The number of thiazole rings is 1. The van der Waals surface area contributed by atoms with Crippen molar-refractivity contribution in [3.63, 3.8) is 0 Å². The Kier molecular flexibility index (Phi) is 4.71. The molecule has 6 nitrogen and oxygen atoms in total. The summed E-state index contributed by atoms with van der Waals surface area (Å²) in [6.07, 6.45) is 5.05. The predicted molar refractivity (Wildman–Crippen MR) is 96.6 cm³/mol. The Morgan fingerprint density at radius 1 is 1.38 bits per heavy atom. The Balaban J connectivity index is 1.65. The molecule has 24 heavy (non-hydrogen) atoms. The molecule has 1 atom stereocenters. The van der Waals surface area contributed by atoms with Crippen LogP contribution in [0.4, 0.5) is 5.13 Å². The van der Waals surface area contributed by atoms with Gasteiger partial charge >= 0.3 is 0 Å². The smallest absolute Gasteiger partial charge is 0.253 e. The van der Waals surface area contributed by atoms with E-state index in [4.69, 9.17) is 0 Å². The van der Waals surface area contributed by atoms with Crippen molar-refractivity contribution in [2.45, 2.75) is 19.9 Å². The zero-order valence-electron chi connectivity index (χ0n) is 13.9. The molecule has 1 amide bonds. The van der Waals surface area contributed by atoms with Gasteiger partial charge in [-0.2, -0.15) is 0 Å². The van der Waals surface area contributed by atoms with Crippen molar-refractivity contribution in [1.29, 1.82) is 0 Å². The highest BCUT2D eigenvalue weighted by atomic mass is 32.1. The second-order valence-corrected chi connectivity index (χ2v) is 6.64. The summed E-state index contributed by atoms with van der Waals surface area (Å²) in [7, 11) is 1.98. The highest BCUT2D eigenvalue weighted by Gasteiger charge is 2.16. The van der Waals surface area contributed by atoms with Gasteiger partial charge in [-0.3, -0.25) is 9.78 Å². The summed E-state index contributed by atoms with van der Waals surface area (Å²) < 4.78 is 0. The average molecular weight is 341 g/mol. The number of carbonyl (C=O) groups excluding carboxylic acids is 1. The van der Waals surface area contributed by atoms with Gasteiger partial charge in [-0.15, -0.1) is 0 Å². The van der Waals surface area contributed by atoms with Gasteiger partial charge < -0.3 is 10.2 Å². The zero-order chi connectivity index (χ0) is 17.1. The minimum Gasteiger partial charge on any atom is -0.350 e. The number of hydrogen-bond acceptors (Lipinski definition) is 6. The van der Waals surface area contributed by atoms with Gasteiger partial charge in [0.15, 0.2) is 5.13 Å². The molecular formula is C17H19N5OS. The first kappa shape index (κ1) is 16.3. The Labute approximate surface area is 144 Å². The monoisotopic (exact) mass is 341 g/mol. The molecule has 124 valence electrons. The van der Waals surface area contributed by atoms with E-state index in [9.17, 15) is 4.79 Å². The molecule has 0 aliphatic carbocycles. The molecule has 1 N–H and O–H groups in total. The molecule has 3 aromatic rings. The lowest BCUT2D eigenvalue weighted by molar-refractivity contribution is 0.0950. The molecule has 7 heteroatoms. The Hall–Kier alpha value is -2.54. The molecule has 3 aromatic heterocycles. The fraction of sp³-hybridized carbons (Fsp3) is 0.294. The Morgan fingerprint density at radius 2 is 2.21 bits per heavy atom. The largest absolute Gasteiger partial charge is 0.350 e. The summed E-state index contributed by atoms with van der Waals surface area (Å²) in [5.74, 6) is -0.105. The number of likely N-dealkylation sites (N-methyl/N-ethyl adjacent to an activating group) is 1. The van der Waals surface area contributed by atoms with E-state index in [2.05, 4.69) is 32.1 Å². The van der Waals surface area contributed by atoms with Crippen molar-refractivity contribution in [1.82, 2.24) is 20.3 Å². The number of amides is 1. The number of pyridine rings is 2. The number of carbonyl (C=O) groups is 1. The van der Waals surface area contributed by atoms with Crippen LogP contribution < -0.4 is 10.2 Å². The summed E-state index contributed by atoms with van der Waals surface area (Å²) in [6.45, 7) is 4.48. The molecule has 0 bridgehead atoms. The quantitative estimate of drug-likeness (QED) is 0.772. The van der Waals surface area contributed by atoms with E-state index in [1.165, 1.54) is 0 Å². The summed E-state index contributed by atoms with van der Waals surface area (Å²) in [4.78, 5) is 28.2. The van der Waals surface area contributed by atoms with E-state index >= 15 is 0 Å². The standard InChI is InChI=1S/C17H19N5OS/c1-11-6-8-18-10-13(11)15(23)20-9-12(2)22(3)17-21-14-5-4-7-19-16(14)24-17/h4-8,10,12H,9H2,1-3H3,(H,20,23). The van der Waals surface area contributed by atoms with Crippen LogP contribution in [0.3, 0.4) is 0 Å². The summed E-state index contributed by atoms with van der Waals surface area (Å²) in [5.41, 5.74) is 2.42. The molecule has 0 radical (unpaired) electrons. The highest BCUT2D eigenvalue weighted by Crippen LogP contribution is 2.27. The van der Waals surface area contributed by atoms with Gasteiger partial charge in [0.25, 0.3) is 5.91 Å². The van der Waals surface area contributed by atoms with Crippen molar-refractivity contribution in [2.24, 2.45) is 0 Å².